The van der Waals surface area contributed by atoms with Crippen LogP contribution in [-0.4, -0.2) is 75.3 Å². The number of piperazine rings is 1. The molecule has 0 aliphatic carbocycles. The zero-order valence-electron chi connectivity index (χ0n) is 19.0. The molecule has 2 aromatic heterocycles. The number of likely N-dealkylation sites (tertiary alicyclic amines) is 2. The van der Waals surface area contributed by atoms with Crippen LogP contribution in [0.2, 0.25) is 5.02 Å². The van der Waals surface area contributed by atoms with Gasteiger partial charge >= 0.3 is 0 Å². The first-order chi connectivity index (χ1) is 16.5. The largest absolute Gasteiger partial charge is 0.381 e. The van der Waals surface area contributed by atoms with Crippen LogP contribution in [0.1, 0.15) is 25.2 Å². The number of primary amides is 1. The van der Waals surface area contributed by atoms with Gasteiger partial charge in [0.25, 0.3) is 0 Å². The highest BCUT2D eigenvalue weighted by Gasteiger charge is 2.43. The van der Waals surface area contributed by atoms with Crippen LogP contribution in [0.5, 0.6) is 0 Å². The maximum absolute atomic E-state index is 11.3. The Hall–Kier alpha value is -2.46. The van der Waals surface area contributed by atoms with Gasteiger partial charge in [-0.15, -0.1) is 0 Å². The Kier molecular flexibility index (Phi) is 5.81. The highest BCUT2D eigenvalue weighted by molar-refractivity contribution is 6.35. The number of halogens is 1. The monoisotopic (exact) mass is 484 g/mol. The van der Waals surface area contributed by atoms with E-state index in [1.165, 1.54) is 0 Å². The molecule has 2 atom stereocenters. The molecule has 3 aromatic rings. The Balaban J connectivity index is 1.21. The Morgan fingerprint density at radius 3 is 2.74 bits per heavy atom. The Morgan fingerprint density at radius 2 is 1.97 bits per heavy atom. The number of ether oxygens (including phenoxy) is 1. The molecule has 1 aromatic carbocycles. The summed E-state index contributed by atoms with van der Waals surface area (Å²) in [6, 6.07) is 6.72. The van der Waals surface area contributed by atoms with Crippen molar-refractivity contribution in [1.82, 2.24) is 24.5 Å². The van der Waals surface area contributed by atoms with Crippen molar-refractivity contribution in [3.05, 3.63) is 35.3 Å². The van der Waals surface area contributed by atoms with Crippen molar-refractivity contribution in [2.75, 3.05) is 32.8 Å². The average Bonchev–Trinajstić information content (AvgIpc) is 3.59. The van der Waals surface area contributed by atoms with Crippen LogP contribution in [-0.2, 0) is 22.6 Å². The number of benzene rings is 1. The molecule has 34 heavy (non-hydrogen) atoms. The fourth-order valence-corrected chi connectivity index (χ4v) is 6.15. The second-order valence-corrected chi connectivity index (χ2v) is 10.2. The second-order valence-electron chi connectivity index (χ2n) is 9.77. The van der Waals surface area contributed by atoms with Crippen LogP contribution in [0.25, 0.3) is 22.3 Å². The molecule has 3 saturated heterocycles. The van der Waals surface area contributed by atoms with E-state index in [9.17, 15) is 4.79 Å². The van der Waals surface area contributed by atoms with Gasteiger partial charge in [-0.25, -0.2) is 0 Å². The lowest BCUT2D eigenvalue weighted by Gasteiger charge is -2.32. The second kappa shape index (κ2) is 8.96. The molecular weight excluding hydrogens is 456 g/mol. The lowest BCUT2D eigenvalue weighted by Crippen LogP contribution is -2.48. The topological polar surface area (TPSA) is 103 Å². The number of para-hydroxylation sites is 1. The lowest BCUT2D eigenvalue weighted by molar-refractivity contribution is -0.119. The number of hydrogen-bond acceptors (Lipinski definition) is 7. The first-order valence-corrected chi connectivity index (χ1v) is 12.4. The van der Waals surface area contributed by atoms with E-state index >= 15 is 0 Å². The first kappa shape index (κ1) is 22.0. The third-order valence-corrected chi connectivity index (χ3v) is 7.82. The van der Waals surface area contributed by atoms with Crippen LogP contribution in [0.15, 0.2) is 28.9 Å². The fraction of sp³-hybridized carbons (Fsp3) is 0.542. The minimum absolute atomic E-state index is 0.267. The van der Waals surface area contributed by atoms with E-state index in [0.29, 0.717) is 42.8 Å². The Morgan fingerprint density at radius 1 is 1.18 bits per heavy atom. The zero-order valence-corrected chi connectivity index (χ0v) is 19.8. The minimum Gasteiger partial charge on any atom is -0.381 e. The van der Waals surface area contributed by atoms with Crippen molar-refractivity contribution in [3.63, 3.8) is 0 Å². The van der Waals surface area contributed by atoms with Gasteiger partial charge in [0.15, 0.2) is 0 Å². The molecule has 0 saturated carbocycles. The molecule has 3 fully saturated rings. The summed E-state index contributed by atoms with van der Waals surface area (Å²) in [6.07, 6.45) is 5.27. The van der Waals surface area contributed by atoms with Crippen LogP contribution in [0, 0.1) is 5.92 Å². The lowest BCUT2D eigenvalue weighted by atomic mass is 10.0. The summed E-state index contributed by atoms with van der Waals surface area (Å²) in [6.45, 7) is 5.21. The van der Waals surface area contributed by atoms with E-state index in [-0.39, 0.29) is 5.91 Å². The van der Waals surface area contributed by atoms with Gasteiger partial charge in [-0.05, 0) is 31.2 Å². The van der Waals surface area contributed by atoms with E-state index < -0.39 is 0 Å². The third kappa shape index (κ3) is 4.11. The van der Waals surface area contributed by atoms with Gasteiger partial charge in [0.05, 0.1) is 23.6 Å². The van der Waals surface area contributed by atoms with Crippen LogP contribution in [0.4, 0.5) is 0 Å². The van der Waals surface area contributed by atoms with E-state index in [2.05, 4.69) is 31.8 Å². The number of aromatic nitrogens is 3. The van der Waals surface area contributed by atoms with Crippen molar-refractivity contribution in [1.29, 1.82) is 0 Å². The number of amides is 1. The molecule has 2 bridgehead atoms. The van der Waals surface area contributed by atoms with Crippen molar-refractivity contribution < 1.29 is 14.1 Å². The van der Waals surface area contributed by atoms with E-state index in [1.54, 1.807) is 0 Å². The normalized spacial score (nSPS) is 23.9. The summed E-state index contributed by atoms with van der Waals surface area (Å²) in [5.74, 6) is 1.50. The fourth-order valence-electron chi connectivity index (χ4n) is 5.87. The van der Waals surface area contributed by atoms with Crippen LogP contribution < -0.4 is 5.73 Å². The van der Waals surface area contributed by atoms with Crippen molar-refractivity contribution in [3.8, 4) is 11.4 Å². The molecule has 180 valence electrons. The number of rotatable bonds is 7. The smallest absolute Gasteiger partial charge is 0.241 e. The predicted octanol–water partition coefficient (Wildman–Crippen LogP) is 2.52. The van der Waals surface area contributed by atoms with Gasteiger partial charge in [-0.1, -0.05) is 28.9 Å². The average molecular weight is 485 g/mol. The molecule has 5 heterocycles. The SMILES string of the molecule is NC(=O)CN1C[C@@H]2CC1CN2Cc1nc(-c2cn(CC3CCOCC3)c3c(Cl)cccc23)no1. The Bertz CT molecular complexity index is 1200. The molecule has 1 amide bonds. The summed E-state index contributed by atoms with van der Waals surface area (Å²) in [5, 5.41) is 6.09. The maximum Gasteiger partial charge on any atom is 0.241 e. The number of carbonyl (C=O) groups is 1. The van der Waals surface area contributed by atoms with Gasteiger partial charge in [0.1, 0.15) is 0 Å². The number of hydrogen-bond donors (Lipinski definition) is 1. The summed E-state index contributed by atoms with van der Waals surface area (Å²) >= 11 is 6.63. The highest BCUT2D eigenvalue weighted by Crippen LogP contribution is 2.35. The van der Waals surface area contributed by atoms with Crippen molar-refractivity contribution in [2.24, 2.45) is 11.7 Å². The molecule has 6 rings (SSSR count). The number of nitrogens with zero attached hydrogens (tertiary/aromatic N) is 5. The van der Waals surface area contributed by atoms with Gasteiger partial charge < -0.3 is 19.6 Å². The van der Waals surface area contributed by atoms with E-state index in [4.69, 9.17) is 31.6 Å². The molecule has 10 heteroatoms. The van der Waals surface area contributed by atoms with E-state index in [0.717, 1.165) is 73.6 Å². The molecule has 1 unspecified atom stereocenters. The first-order valence-electron chi connectivity index (χ1n) is 12.0. The van der Waals surface area contributed by atoms with Crippen LogP contribution >= 0.6 is 11.6 Å². The molecule has 9 nitrogen and oxygen atoms in total. The zero-order chi connectivity index (χ0) is 23.2. The van der Waals surface area contributed by atoms with Crippen LogP contribution in [0.3, 0.4) is 0 Å². The van der Waals surface area contributed by atoms with Gasteiger partial charge in [-0.2, -0.15) is 4.98 Å². The Labute approximate surface area is 202 Å². The molecule has 0 radical (unpaired) electrons. The standard InChI is InChI=1S/C24H29ClN6O3/c25-20-3-1-2-18-19(12-31(23(18)20)9-15-4-6-33-7-5-15)24-27-22(34-28-24)14-30-11-16-8-17(30)10-29(16)13-21(26)32/h1-3,12,15-17H,4-11,13-14H2,(H2,26,32)/t16?,17-/m0/s1. The number of fused-ring (bicyclic) bond motifs is 3. The summed E-state index contributed by atoms with van der Waals surface area (Å²) in [5.41, 5.74) is 7.34. The minimum atomic E-state index is -0.267. The summed E-state index contributed by atoms with van der Waals surface area (Å²) < 4.78 is 13.4. The maximum atomic E-state index is 11.3. The van der Waals surface area contributed by atoms with Gasteiger partial charge in [0, 0.05) is 62.1 Å². The van der Waals surface area contributed by atoms with Gasteiger partial charge in [-0.3, -0.25) is 14.6 Å². The van der Waals surface area contributed by atoms with Crippen molar-refractivity contribution >= 4 is 28.4 Å². The molecule has 3 aliphatic heterocycles. The summed E-state index contributed by atoms with van der Waals surface area (Å²) in [4.78, 5) is 20.6. The molecule has 0 spiro atoms. The highest BCUT2D eigenvalue weighted by atomic mass is 35.5. The molecule has 2 N–H and O–H groups in total. The van der Waals surface area contributed by atoms with Crippen molar-refractivity contribution in [2.45, 2.75) is 44.4 Å². The quantitative estimate of drug-likeness (QED) is 0.549. The third-order valence-electron chi connectivity index (χ3n) is 7.52. The summed E-state index contributed by atoms with van der Waals surface area (Å²) in [7, 11) is 0. The van der Waals surface area contributed by atoms with Gasteiger partial charge in [0.2, 0.25) is 17.6 Å². The predicted molar refractivity (Wildman–Crippen MR) is 127 cm³/mol. The number of carbonyl (C=O) groups excluding carboxylic acids is 1. The molecular formula is C24H29ClN6O3. The molecule has 3 aliphatic rings. The van der Waals surface area contributed by atoms with E-state index in [1.807, 2.05) is 12.1 Å². The number of nitrogens with two attached hydrogens (primary N) is 1.